The normalized spacial score (nSPS) is 10.7. The number of ether oxygens (including phenoxy) is 2. The van der Waals surface area contributed by atoms with Crippen LogP contribution in [0.25, 0.3) is 0 Å². The number of aliphatic imine (C=N–C) groups is 1. The highest BCUT2D eigenvalue weighted by Gasteiger charge is 2.11. The van der Waals surface area contributed by atoms with E-state index in [0.29, 0.717) is 17.1 Å². The molecule has 1 heterocycles. The first-order valence-electron chi connectivity index (χ1n) is 8.35. The van der Waals surface area contributed by atoms with E-state index >= 15 is 0 Å². The first kappa shape index (κ1) is 20.2. The summed E-state index contributed by atoms with van der Waals surface area (Å²) in [5.74, 6) is 0.508. The van der Waals surface area contributed by atoms with Gasteiger partial charge in [0.05, 0.1) is 23.0 Å². The van der Waals surface area contributed by atoms with Crippen molar-refractivity contribution in [3.8, 4) is 23.1 Å². The first-order valence-corrected chi connectivity index (χ1v) is 8.35. The topological polar surface area (TPSA) is 150 Å². The summed E-state index contributed by atoms with van der Waals surface area (Å²) < 4.78 is 10.9. The Labute approximate surface area is 169 Å². The highest BCUT2D eigenvalue weighted by molar-refractivity contribution is 5.84. The Morgan fingerprint density at radius 1 is 1.00 bits per heavy atom. The lowest BCUT2D eigenvalue weighted by Gasteiger charge is -2.10. The number of methoxy groups -OCH3 is 1. The molecule has 0 fully saturated rings. The molecule has 0 amide bonds. The van der Waals surface area contributed by atoms with E-state index in [9.17, 15) is 25.3 Å². The quantitative estimate of drug-likeness (QED) is 0.346. The van der Waals surface area contributed by atoms with Gasteiger partial charge in [0.2, 0.25) is 5.88 Å². The third-order valence-corrected chi connectivity index (χ3v) is 3.86. The molecule has 0 saturated heterocycles. The molecule has 0 spiro atoms. The number of phenols is 1. The lowest BCUT2D eigenvalue weighted by molar-refractivity contribution is -0.385. The average Bonchev–Trinajstić information content (AvgIpc) is 2.73. The molecule has 3 rings (SSSR count). The van der Waals surface area contributed by atoms with E-state index in [1.54, 1.807) is 18.2 Å². The minimum absolute atomic E-state index is 0.149. The van der Waals surface area contributed by atoms with Gasteiger partial charge in [-0.05, 0) is 29.8 Å². The van der Waals surface area contributed by atoms with E-state index in [2.05, 4.69) is 9.98 Å². The zero-order valence-electron chi connectivity index (χ0n) is 15.5. The number of benzene rings is 2. The Kier molecular flexibility index (Phi) is 5.82. The molecular formula is C19H14N4O7. The molecule has 0 bridgehead atoms. The van der Waals surface area contributed by atoms with E-state index in [4.69, 9.17) is 9.47 Å². The van der Waals surface area contributed by atoms with Gasteiger partial charge in [-0.1, -0.05) is 0 Å². The molecule has 152 valence electrons. The second-order valence-corrected chi connectivity index (χ2v) is 5.81. The maximum absolute atomic E-state index is 10.7. The number of hydrogen-bond acceptors (Lipinski definition) is 9. The van der Waals surface area contributed by atoms with E-state index in [-0.39, 0.29) is 28.7 Å². The minimum atomic E-state index is -0.614. The fourth-order valence-electron chi connectivity index (χ4n) is 2.38. The number of non-ortho nitro benzene ring substituents is 1. The van der Waals surface area contributed by atoms with Crippen LogP contribution >= 0.6 is 0 Å². The van der Waals surface area contributed by atoms with Crippen molar-refractivity contribution < 1.29 is 24.4 Å². The number of aromatic hydroxyl groups is 1. The highest BCUT2D eigenvalue weighted by Crippen LogP contribution is 2.33. The molecule has 0 atom stereocenters. The maximum atomic E-state index is 10.7. The summed E-state index contributed by atoms with van der Waals surface area (Å²) in [7, 11) is 1.44. The molecule has 3 aromatic rings. The monoisotopic (exact) mass is 410 g/mol. The fraction of sp³-hybridized carbons (Fsp3) is 0.0526. The summed E-state index contributed by atoms with van der Waals surface area (Å²) in [4.78, 5) is 28.2. The van der Waals surface area contributed by atoms with Crippen LogP contribution in [0.3, 0.4) is 0 Å². The Morgan fingerprint density at radius 2 is 1.73 bits per heavy atom. The SMILES string of the molecule is COc1cc(C=Nc2ccc([N+](=O)[O-])cc2O)ccc1Oc1ccc([N+](=O)[O-])cn1. The Morgan fingerprint density at radius 3 is 2.33 bits per heavy atom. The van der Waals surface area contributed by atoms with Crippen LogP contribution in [0.1, 0.15) is 5.56 Å². The van der Waals surface area contributed by atoms with Crippen LogP contribution in [0.2, 0.25) is 0 Å². The highest BCUT2D eigenvalue weighted by atomic mass is 16.6. The van der Waals surface area contributed by atoms with Gasteiger partial charge >= 0.3 is 0 Å². The summed E-state index contributed by atoms with van der Waals surface area (Å²) in [5.41, 5.74) is 0.369. The first-order chi connectivity index (χ1) is 14.4. The van der Waals surface area contributed by atoms with Crippen molar-refractivity contribution in [2.24, 2.45) is 4.99 Å². The van der Waals surface area contributed by atoms with Gasteiger partial charge in [0.1, 0.15) is 17.6 Å². The predicted molar refractivity (Wildman–Crippen MR) is 106 cm³/mol. The van der Waals surface area contributed by atoms with E-state index in [1.807, 2.05) is 0 Å². The van der Waals surface area contributed by atoms with Gasteiger partial charge in [0, 0.05) is 24.4 Å². The van der Waals surface area contributed by atoms with Gasteiger partial charge in [-0.25, -0.2) is 4.98 Å². The lowest BCUT2D eigenvalue weighted by Crippen LogP contribution is -1.95. The summed E-state index contributed by atoms with van der Waals surface area (Å²) in [6.45, 7) is 0. The molecule has 0 unspecified atom stereocenters. The molecule has 0 aliphatic carbocycles. The third kappa shape index (κ3) is 4.65. The molecule has 1 aromatic heterocycles. The van der Waals surface area contributed by atoms with Gasteiger partial charge in [-0.3, -0.25) is 25.2 Å². The molecule has 0 aliphatic rings. The van der Waals surface area contributed by atoms with Gasteiger partial charge in [-0.2, -0.15) is 0 Å². The molecule has 1 N–H and O–H groups in total. The molecule has 2 aromatic carbocycles. The van der Waals surface area contributed by atoms with Crippen LogP contribution in [0.4, 0.5) is 17.1 Å². The number of pyridine rings is 1. The predicted octanol–water partition coefficient (Wildman–Crippen LogP) is 4.16. The smallest absolute Gasteiger partial charge is 0.287 e. The number of rotatable bonds is 7. The van der Waals surface area contributed by atoms with Crippen molar-refractivity contribution in [2.75, 3.05) is 7.11 Å². The fourth-order valence-corrected chi connectivity index (χ4v) is 2.38. The zero-order valence-corrected chi connectivity index (χ0v) is 15.5. The van der Waals surface area contributed by atoms with Crippen molar-refractivity contribution in [3.05, 3.63) is 80.5 Å². The molecule has 11 heteroatoms. The van der Waals surface area contributed by atoms with Crippen molar-refractivity contribution in [3.63, 3.8) is 0 Å². The van der Waals surface area contributed by atoms with E-state index in [1.165, 1.54) is 37.6 Å². The Hall–Kier alpha value is -4.54. The molecule has 0 radical (unpaired) electrons. The number of nitro benzene ring substituents is 1. The standard InChI is InChI=1S/C19H14N4O7/c1-29-18-8-12(10-20-15-5-3-13(22(25)26)9-16(15)24)2-6-17(18)30-19-7-4-14(11-21-19)23(27)28/h2-11,24H,1H3. The Balaban J connectivity index is 1.79. The summed E-state index contributed by atoms with van der Waals surface area (Å²) >= 11 is 0. The largest absolute Gasteiger partial charge is 0.505 e. The van der Waals surface area contributed by atoms with E-state index < -0.39 is 9.85 Å². The molecule has 11 nitrogen and oxygen atoms in total. The Bertz CT molecular complexity index is 1130. The van der Waals surface area contributed by atoms with Gasteiger partial charge < -0.3 is 14.6 Å². The summed E-state index contributed by atoms with van der Waals surface area (Å²) in [6, 6.07) is 11.1. The van der Waals surface area contributed by atoms with Crippen molar-refractivity contribution in [2.45, 2.75) is 0 Å². The maximum Gasteiger partial charge on any atom is 0.287 e. The molecule has 30 heavy (non-hydrogen) atoms. The lowest BCUT2D eigenvalue weighted by atomic mass is 10.2. The number of hydrogen-bond donors (Lipinski definition) is 1. The van der Waals surface area contributed by atoms with Crippen molar-refractivity contribution >= 4 is 23.3 Å². The van der Waals surface area contributed by atoms with Gasteiger partial charge in [-0.15, -0.1) is 0 Å². The number of aromatic nitrogens is 1. The molecule has 0 aliphatic heterocycles. The minimum Gasteiger partial charge on any atom is -0.505 e. The van der Waals surface area contributed by atoms with E-state index in [0.717, 1.165) is 12.3 Å². The average molecular weight is 410 g/mol. The van der Waals surface area contributed by atoms with Crippen molar-refractivity contribution in [1.82, 2.24) is 4.98 Å². The summed E-state index contributed by atoms with van der Waals surface area (Å²) in [5, 5.41) is 31.3. The second kappa shape index (κ2) is 8.65. The van der Waals surface area contributed by atoms with Crippen LogP contribution in [0, 0.1) is 20.2 Å². The van der Waals surface area contributed by atoms with Crippen molar-refractivity contribution in [1.29, 1.82) is 0 Å². The summed E-state index contributed by atoms with van der Waals surface area (Å²) in [6.07, 6.45) is 2.52. The van der Waals surface area contributed by atoms with Crippen LogP contribution < -0.4 is 9.47 Å². The van der Waals surface area contributed by atoms with Crippen LogP contribution in [-0.2, 0) is 0 Å². The molecular weight excluding hydrogens is 396 g/mol. The molecule has 0 saturated carbocycles. The second-order valence-electron chi connectivity index (χ2n) is 5.81. The van der Waals surface area contributed by atoms with Crippen LogP contribution in [-0.4, -0.2) is 33.3 Å². The van der Waals surface area contributed by atoms with Gasteiger partial charge in [0.25, 0.3) is 11.4 Å². The van der Waals surface area contributed by atoms with Crippen LogP contribution in [0.15, 0.2) is 59.7 Å². The van der Waals surface area contributed by atoms with Gasteiger partial charge in [0.15, 0.2) is 11.5 Å². The number of nitrogens with zero attached hydrogens (tertiary/aromatic N) is 4. The van der Waals surface area contributed by atoms with Crippen LogP contribution in [0.5, 0.6) is 23.1 Å². The third-order valence-electron chi connectivity index (χ3n) is 3.86. The number of phenolic OH excluding ortho intramolecular Hbond substituents is 1. The number of nitro groups is 2. The zero-order chi connectivity index (χ0) is 21.7.